The molecule has 0 saturated heterocycles. The van der Waals surface area contributed by atoms with Crippen LogP contribution in [0.1, 0.15) is 189 Å². The third-order valence-electron chi connectivity index (χ3n) is 16.1. The van der Waals surface area contributed by atoms with Crippen molar-refractivity contribution in [2.75, 3.05) is 0 Å². The largest absolute Gasteiger partial charge is 0.328 e. The summed E-state index contributed by atoms with van der Waals surface area (Å²) in [5, 5.41) is 0. The maximum absolute atomic E-state index is 6.45. The van der Waals surface area contributed by atoms with Crippen LogP contribution in [0, 0.1) is 70.5 Å². The first-order chi connectivity index (χ1) is 20.8. The average Bonchev–Trinajstić information content (AvgIpc) is 3.04. The van der Waals surface area contributed by atoms with Crippen LogP contribution in [0.2, 0.25) is 0 Å². The van der Waals surface area contributed by atoms with E-state index in [0.717, 1.165) is 65.1 Å². The van der Waals surface area contributed by atoms with E-state index in [2.05, 4.69) is 34.6 Å². The smallest absolute Gasteiger partial charge is 0.00417 e. The van der Waals surface area contributed by atoms with Gasteiger partial charge in [0.2, 0.25) is 0 Å². The predicted octanol–water partition coefficient (Wildman–Crippen LogP) is 12.6. The number of rotatable bonds is 12. The first-order valence-electron chi connectivity index (χ1n) is 20.6. The van der Waals surface area contributed by atoms with Gasteiger partial charge in [0.25, 0.3) is 0 Å². The number of nitrogens with two attached hydrogens (primary N) is 1. The van der Waals surface area contributed by atoms with E-state index in [0.29, 0.717) is 11.5 Å². The molecular formula is C42H77N. The molecule has 0 aromatic rings. The van der Waals surface area contributed by atoms with Crippen LogP contribution in [0.25, 0.3) is 0 Å². The number of hydrogen-bond donors (Lipinski definition) is 1. The molecule has 5 unspecified atom stereocenters. The third-order valence-corrected chi connectivity index (χ3v) is 16.1. The van der Waals surface area contributed by atoms with Crippen LogP contribution in [0.3, 0.4) is 0 Å². The second-order valence-electron chi connectivity index (χ2n) is 18.0. The minimum Gasteiger partial charge on any atom is -0.328 e. The molecule has 0 spiro atoms. The Balaban J connectivity index is 1.05. The highest BCUT2D eigenvalue weighted by molar-refractivity contribution is 4.96. The van der Waals surface area contributed by atoms with E-state index in [1.165, 1.54) is 122 Å². The summed E-state index contributed by atoms with van der Waals surface area (Å²) in [5.41, 5.74) is 7.13. The minimum absolute atomic E-state index is 0.489. The van der Waals surface area contributed by atoms with Gasteiger partial charge >= 0.3 is 0 Å². The molecule has 0 bridgehead atoms. The van der Waals surface area contributed by atoms with Gasteiger partial charge in [-0.3, -0.25) is 0 Å². The Morgan fingerprint density at radius 2 is 1.30 bits per heavy atom. The number of fused-ring (bicyclic) bond motifs is 1. The van der Waals surface area contributed by atoms with Crippen molar-refractivity contribution in [2.45, 2.75) is 195 Å². The van der Waals surface area contributed by atoms with Crippen molar-refractivity contribution < 1.29 is 0 Å². The van der Waals surface area contributed by atoms with Gasteiger partial charge in [-0.1, -0.05) is 105 Å². The van der Waals surface area contributed by atoms with Crippen molar-refractivity contribution in [3.8, 4) is 0 Å². The zero-order valence-electron chi connectivity index (χ0n) is 30.0. The molecule has 5 aliphatic carbocycles. The van der Waals surface area contributed by atoms with E-state index in [1.54, 1.807) is 32.1 Å². The summed E-state index contributed by atoms with van der Waals surface area (Å²) in [4.78, 5) is 0. The fraction of sp³-hybridized carbons (Fsp3) is 1.00. The molecule has 0 heterocycles. The summed E-state index contributed by atoms with van der Waals surface area (Å²) in [6.45, 7) is 12.8. The minimum atomic E-state index is 0.489. The normalized spacial score (nSPS) is 43.0. The van der Waals surface area contributed by atoms with Crippen molar-refractivity contribution in [1.82, 2.24) is 0 Å². The van der Waals surface area contributed by atoms with Gasteiger partial charge in [0.1, 0.15) is 0 Å². The third kappa shape index (κ3) is 8.28. The molecule has 2 N–H and O–H groups in total. The number of unbranched alkanes of at least 4 members (excludes halogenated alkanes) is 2. The molecule has 5 aliphatic rings. The molecule has 1 heteroatoms. The van der Waals surface area contributed by atoms with E-state index in [-0.39, 0.29) is 0 Å². The molecule has 7 atom stereocenters. The highest BCUT2D eigenvalue weighted by Crippen LogP contribution is 2.55. The van der Waals surface area contributed by atoms with E-state index in [1.807, 2.05) is 0 Å². The molecule has 0 aromatic heterocycles. The van der Waals surface area contributed by atoms with E-state index >= 15 is 0 Å². The summed E-state index contributed by atoms with van der Waals surface area (Å²) in [6, 6.07) is 0.489. The summed E-state index contributed by atoms with van der Waals surface area (Å²) in [7, 11) is 0. The van der Waals surface area contributed by atoms with Gasteiger partial charge in [0.15, 0.2) is 0 Å². The maximum atomic E-state index is 6.45. The molecule has 43 heavy (non-hydrogen) atoms. The monoisotopic (exact) mass is 596 g/mol. The Kier molecular flexibility index (Phi) is 12.9. The van der Waals surface area contributed by atoms with Crippen molar-refractivity contribution >= 4 is 0 Å². The van der Waals surface area contributed by atoms with Crippen LogP contribution in [0.4, 0.5) is 0 Å². The molecule has 0 aromatic carbocycles. The van der Waals surface area contributed by atoms with Crippen LogP contribution >= 0.6 is 0 Å². The molecule has 0 radical (unpaired) electrons. The van der Waals surface area contributed by atoms with Crippen LogP contribution in [0.5, 0.6) is 0 Å². The van der Waals surface area contributed by atoms with Crippen LogP contribution in [-0.4, -0.2) is 6.04 Å². The van der Waals surface area contributed by atoms with Gasteiger partial charge in [-0.25, -0.2) is 0 Å². The van der Waals surface area contributed by atoms with Crippen molar-refractivity contribution in [2.24, 2.45) is 76.2 Å². The van der Waals surface area contributed by atoms with Crippen LogP contribution < -0.4 is 5.73 Å². The summed E-state index contributed by atoms with van der Waals surface area (Å²) >= 11 is 0. The van der Waals surface area contributed by atoms with Crippen molar-refractivity contribution in [3.05, 3.63) is 0 Å². The molecule has 250 valence electrons. The van der Waals surface area contributed by atoms with Gasteiger partial charge in [-0.05, 0) is 154 Å². The summed E-state index contributed by atoms with van der Waals surface area (Å²) in [6.07, 6.45) is 35.9. The molecule has 0 aliphatic heterocycles. The Labute approximate surface area is 270 Å². The fourth-order valence-corrected chi connectivity index (χ4v) is 12.9. The second-order valence-corrected chi connectivity index (χ2v) is 18.0. The SMILES string of the molecule is CCC1CCC(C(CC)(CCCCCC2CCC(C(C)C3CCC4CC[C@@H](N)C[C@H]4C3C)CC2)C2CCC(C)CC2)CC1. The van der Waals surface area contributed by atoms with Gasteiger partial charge in [-0.15, -0.1) is 0 Å². The highest BCUT2D eigenvalue weighted by atomic mass is 14.7. The quantitative estimate of drug-likeness (QED) is 0.223. The van der Waals surface area contributed by atoms with Gasteiger partial charge < -0.3 is 5.73 Å². The summed E-state index contributed by atoms with van der Waals surface area (Å²) < 4.78 is 0. The van der Waals surface area contributed by atoms with Crippen molar-refractivity contribution in [1.29, 1.82) is 0 Å². The Morgan fingerprint density at radius 3 is 1.95 bits per heavy atom. The molecule has 0 amide bonds. The molecule has 1 nitrogen and oxygen atoms in total. The number of hydrogen-bond acceptors (Lipinski definition) is 1. The molecule has 5 saturated carbocycles. The maximum Gasteiger partial charge on any atom is 0.00417 e. The van der Waals surface area contributed by atoms with Crippen LogP contribution in [0.15, 0.2) is 0 Å². The zero-order valence-corrected chi connectivity index (χ0v) is 30.0. The first-order valence-corrected chi connectivity index (χ1v) is 20.6. The Bertz CT molecular complexity index is 781. The standard InChI is InChI=1S/C42H77N/c1-6-33-16-24-38(25-17-33)42(7-2,37-22-12-30(3)13-23-37)28-10-8-9-11-34-14-18-35(19-15-34)31(4)40-27-21-36-20-26-39(43)29-41(36)32(40)5/h30-41H,6-29,43H2,1-5H3/t30?,31?,32?,33?,34?,35?,36?,37?,38?,39-,40?,41+,42?/m1/s1. The lowest BCUT2D eigenvalue weighted by Gasteiger charge is -2.51. The molecular weight excluding hydrogens is 518 g/mol. The Hall–Kier alpha value is -0.0400. The fourth-order valence-electron chi connectivity index (χ4n) is 12.9. The summed E-state index contributed by atoms with van der Waals surface area (Å²) in [5.74, 6) is 10.9. The second kappa shape index (κ2) is 16.2. The van der Waals surface area contributed by atoms with Crippen molar-refractivity contribution in [3.63, 3.8) is 0 Å². The topological polar surface area (TPSA) is 26.0 Å². The lowest BCUT2D eigenvalue weighted by molar-refractivity contribution is -0.00647. The average molecular weight is 596 g/mol. The zero-order chi connectivity index (χ0) is 30.4. The predicted molar refractivity (Wildman–Crippen MR) is 188 cm³/mol. The first kappa shape index (κ1) is 34.3. The van der Waals surface area contributed by atoms with Gasteiger partial charge in [0.05, 0.1) is 0 Å². The van der Waals surface area contributed by atoms with E-state index in [9.17, 15) is 0 Å². The lowest BCUT2D eigenvalue weighted by Crippen LogP contribution is -2.44. The Morgan fingerprint density at radius 1 is 0.674 bits per heavy atom. The molecule has 5 rings (SSSR count). The molecule has 5 fully saturated rings. The van der Waals surface area contributed by atoms with Crippen LogP contribution in [-0.2, 0) is 0 Å². The van der Waals surface area contributed by atoms with Gasteiger partial charge in [0, 0.05) is 6.04 Å². The highest BCUT2D eigenvalue weighted by Gasteiger charge is 2.45. The lowest BCUT2D eigenvalue weighted by atomic mass is 9.54. The van der Waals surface area contributed by atoms with E-state index < -0.39 is 0 Å². The van der Waals surface area contributed by atoms with Gasteiger partial charge in [-0.2, -0.15) is 0 Å². The van der Waals surface area contributed by atoms with E-state index in [4.69, 9.17) is 5.73 Å².